The van der Waals surface area contributed by atoms with Gasteiger partial charge in [0, 0.05) is 35.6 Å². The fourth-order valence-corrected chi connectivity index (χ4v) is 2.12. The van der Waals surface area contributed by atoms with Crippen LogP contribution in [0.3, 0.4) is 0 Å². The van der Waals surface area contributed by atoms with Crippen LogP contribution in [0.4, 0.5) is 0 Å². The monoisotopic (exact) mass is 265 g/mol. The Morgan fingerprint density at radius 2 is 2.28 bits per heavy atom. The zero-order valence-electron chi connectivity index (χ0n) is 10.4. The smallest absolute Gasteiger partial charge is 0.268 e. The van der Waals surface area contributed by atoms with E-state index < -0.39 is 0 Å². The zero-order valence-corrected chi connectivity index (χ0v) is 11.2. The van der Waals surface area contributed by atoms with Crippen LogP contribution in [0.15, 0.2) is 24.3 Å². The van der Waals surface area contributed by atoms with E-state index in [2.05, 4.69) is 5.32 Å². The molecule has 0 aliphatic heterocycles. The highest BCUT2D eigenvalue weighted by molar-refractivity contribution is 6.35. The Kier molecular flexibility index (Phi) is 3.59. The van der Waals surface area contributed by atoms with Crippen LogP contribution in [-0.2, 0) is 7.05 Å². The first-order valence-corrected chi connectivity index (χ1v) is 6.17. The van der Waals surface area contributed by atoms with Crippen molar-refractivity contribution >= 4 is 28.4 Å². The normalized spacial score (nSPS) is 12.7. The summed E-state index contributed by atoms with van der Waals surface area (Å²) in [4.78, 5) is 12.1. The number of benzene rings is 1. The van der Waals surface area contributed by atoms with Crippen molar-refractivity contribution in [3.05, 3.63) is 35.0 Å². The summed E-state index contributed by atoms with van der Waals surface area (Å²) in [6.45, 7) is 2.28. The molecule has 18 heavy (non-hydrogen) atoms. The van der Waals surface area contributed by atoms with E-state index in [1.54, 1.807) is 6.07 Å². The van der Waals surface area contributed by atoms with Gasteiger partial charge in [0.15, 0.2) is 0 Å². The van der Waals surface area contributed by atoms with Gasteiger partial charge in [0.2, 0.25) is 0 Å². The lowest BCUT2D eigenvalue weighted by Gasteiger charge is -2.11. The second kappa shape index (κ2) is 5.00. The maximum absolute atomic E-state index is 12.1. The minimum Gasteiger partial charge on any atom is -0.347 e. The molecule has 1 atom stereocenters. The Balaban J connectivity index is 2.43. The minimum absolute atomic E-state index is 0.0500. The standard InChI is InChI=1S/C13H16ClN3O/c1-8(7-15)16-13(18)12-6-9-10(14)4-3-5-11(9)17(12)2/h3-6,8H,7,15H2,1-2H3,(H,16,18). The van der Waals surface area contributed by atoms with Gasteiger partial charge >= 0.3 is 0 Å². The predicted molar refractivity (Wildman–Crippen MR) is 73.9 cm³/mol. The molecule has 0 aliphatic rings. The second-order valence-corrected chi connectivity index (χ2v) is 4.78. The maximum Gasteiger partial charge on any atom is 0.268 e. The third-order valence-corrected chi connectivity index (χ3v) is 3.33. The molecular weight excluding hydrogens is 250 g/mol. The molecule has 0 fully saturated rings. The summed E-state index contributed by atoms with van der Waals surface area (Å²) in [5.41, 5.74) is 7.01. The fourth-order valence-electron chi connectivity index (χ4n) is 1.90. The number of aryl methyl sites for hydroxylation is 1. The molecule has 3 N–H and O–H groups in total. The van der Waals surface area contributed by atoms with Gasteiger partial charge < -0.3 is 15.6 Å². The van der Waals surface area contributed by atoms with E-state index in [1.807, 2.05) is 36.7 Å². The van der Waals surface area contributed by atoms with E-state index in [0.29, 0.717) is 17.3 Å². The highest BCUT2D eigenvalue weighted by Crippen LogP contribution is 2.26. The number of amides is 1. The molecule has 1 aromatic carbocycles. The second-order valence-electron chi connectivity index (χ2n) is 4.37. The third kappa shape index (κ3) is 2.21. The Morgan fingerprint density at radius 3 is 2.89 bits per heavy atom. The van der Waals surface area contributed by atoms with Crippen molar-refractivity contribution in [1.82, 2.24) is 9.88 Å². The van der Waals surface area contributed by atoms with E-state index in [4.69, 9.17) is 17.3 Å². The molecule has 0 aliphatic carbocycles. The van der Waals surface area contributed by atoms with Crippen LogP contribution >= 0.6 is 11.6 Å². The average Bonchev–Trinajstić information content (AvgIpc) is 2.69. The maximum atomic E-state index is 12.1. The summed E-state index contributed by atoms with van der Waals surface area (Å²) >= 11 is 6.12. The van der Waals surface area contributed by atoms with Crippen molar-refractivity contribution in [2.24, 2.45) is 12.8 Å². The number of fused-ring (bicyclic) bond motifs is 1. The van der Waals surface area contributed by atoms with Crippen LogP contribution in [0.1, 0.15) is 17.4 Å². The SMILES string of the molecule is CC(CN)NC(=O)c1cc2c(Cl)cccc2n1C. The van der Waals surface area contributed by atoms with Crippen LogP contribution in [0.25, 0.3) is 10.9 Å². The van der Waals surface area contributed by atoms with E-state index in [0.717, 1.165) is 10.9 Å². The van der Waals surface area contributed by atoms with E-state index in [9.17, 15) is 4.79 Å². The largest absolute Gasteiger partial charge is 0.347 e. The number of aromatic nitrogens is 1. The molecule has 0 radical (unpaired) electrons. The van der Waals surface area contributed by atoms with Gasteiger partial charge in [0.1, 0.15) is 5.69 Å². The molecule has 2 rings (SSSR count). The van der Waals surface area contributed by atoms with Crippen molar-refractivity contribution < 1.29 is 4.79 Å². The summed E-state index contributed by atoms with van der Waals surface area (Å²) in [7, 11) is 1.85. The first kappa shape index (κ1) is 12.9. The van der Waals surface area contributed by atoms with Gasteiger partial charge in [-0.1, -0.05) is 17.7 Å². The van der Waals surface area contributed by atoms with Crippen molar-refractivity contribution in [1.29, 1.82) is 0 Å². The van der Waals surface area contributed by atoms with Gasteiger partial charge in [-0.2, -0.15) is 0 Å². The third-order valence-electron chi connectivity index (χ3n) is 3.00. The number of hydrogen-bond donors (Lipinski definition) is 2. The summed E-state index contributed by atoms with van der Waals surface area (Å²) in [5.74, 6) is -0.136. The van der Waals surface area contributed by atoms with Gasteiger partial charge in [0.05, 0.1) is 0 Å². The topological polar surface area (TPSA) is 60.0 Å². The first-order chi connectivity index (χ1) is 8.54. The van der Waals surface area contributed by atoms with Crippen LogP contribution in [-0.4, -0.2) is 23.1 Å². The van der Waals surface area contributed by atoms with Crippen LogP contribution in [0.2, 0.25) is 5.02 Å². The molecule has 1 heterocycles. The molecule has 0 spiro atoms. The average molecular weight is 266 g/mol. The lowest BCUT2D eigenvalue weighted by atomic mass is 10.2. The predicted octanol–water partition coefficient (Wildman–Crippen LogP) is 1.91. The Labute approximate surface area is 111 Å². The molecule has 1 aromatic heterocycles. The van der Waals surface area contributed by atoms with Gasteiger partial charge in [-0.05, 0) is 25.1 Å². The molecular formula is C13H16ClN3O. The quantitative estimate of drug-likeness (QED) is 0.891. The summed E-state index contributed by atoms with van der Waals surface area (Å²) in [6.07, 6.45) is 0. The zero-order chi connectivity index (χ0) is 13.3. The number of nitrogens with zero attached hydrogens (tertiary/aromatic N) is 1. The van der Waals surface area contributed by atoms with Crippen LogP contribution in [0.5, 0.6) is 0 Å². The Hall–Kier alpha value is -1.52. The molecule has 1 amide bonds. The summed E-state index contributed by atoms with van der Waals surface area (Å²) in [6, 6.07) is 7.37. The summed E-state index contributed by atoms with van der Waals surface area (Å²) < 4.78 is 1.83. The molecule has 1 unspecified atom stereocenters. The number of carbonyl (C=O) groups is 1. The van der Waals surface area contributed by atoms with E-state index >= 15 is 0 Å². The number of nitrogens with one attached hydrogen (secondary N) is 1. The fraction of sp³-hybridized carbons (Fsp3) is 0.308. The molecule has 2 aromatic rings. The summed E-state index contributed by atoms with van der Waals surface area (Å²) in [5, 5.41) is 4.37. The van der Waals surface area contributed by atoms with Crippen molar-refractivity contribution in [2.45, 2.75) is 13.0 Å². The van der Waals surface area contributed by atoms with Crippen LogP contribution < -0.4 is 11.1 Å². The molecule has 4 nitrogen and oxygen atoms in total. The molecule has 5 heteroatoms. The molecule has 96 valence electrons. The number of carbonyl (C=O) groups excluding carboxylic acids is 1. The Morgan fingerprint density at radius 1 is 1.56 bits per heavy atom. The number of rotatable bonds is 3. The van der Waals surface area contributed by atoms with Gasteiger partial charge in [-0.25, -0.2) is 0 Å². The molecule has 0 saturated carbocycles. The van der Waals surface area contributed by atoms with E-state index in [-0.39, 0.29) is 11.9 Å². The Bertz CT molecular complexity index is 591. The lowest BCUT2D eigenvalue weighted by Crippen LogP contribution is -2.38. The lowest BCUT2D eigenvalue weighted by molar-refractivity contribution is 0.0933. The van der Waals surface area contributed by atoms with Gasteiger partial charge in [-0.3, -0.25) is 4.79 Å². The molecule has 0 bridgehead atoms. The number of nitrogens with two attached hydrogens (primary N) is 1. The van der Waals surface area contributed by atoms with Crippen molar-refractivity contribution in [3.63, 3.8) is 0 Å². The molecule has 0 saturated heterocycles. The first-order valence-electron chi connectivity index (χ1n) is 5.79. The number of hydrogen-bond acceptors (Lipinski definition) is 2. The highest BCUT2D eigenvalue weighted by Gasteiger charge is 2.15. The number of halogens is 1. The van der Waals surface area contributed by atoms with Crippen molar-refractivity contribution in [3.8, 4) is 0 Å². The van der Waals surface area contributed by atoms with Gasteiger partial charge in [0.25, 0.3) is 5.91 Å². The van der Waals surface area contributed by atoms with Crippen molar-refractivity contribution in [2.75, 3.05) is 6.54 Å². The van der Waals surface area contributed by atoms with Crippen LogP contribution in [0, 0.1) is 0 Å². The van der Waals surface area contributed by atoms with E-state index in [1.165, 1.54) is 0 Å². The van der Waals surface area contributed by atoms with Gasteiger partial charge in [-0.15, -0.1) is 0 Å². The highest BCUT2D eigenvalue weighted by atomic mass is 35.5. The minimum atomic E-state index is -0.136.